The van der Waals surface area contributed by atoms with Crippen molar-refractivity contribution in [2.24, 2.45) is 0 Å². The van der Waals surface area contributed by atoms with E-state index in [2.05, 4.69) is 20.7 Å². The number of hydrogen-bond donors (Lipinski definition) is 1. The van der Waals surface area contributed by atoms with Crippen molar-refractivity contribution < 1.29 is 14.6 Å². The Balaban J connectivity index is 2.44. The van der Waals surface area contributed by atoms with E-state index in [1.54, 1.807) is 0 Å². The van der Waals surface area contributed by atoms with Gasteiger partial charge in [-0.15, -0.1) is 0 Å². The smallest absolute Gasteiger partial charge is 0.320 e. The molecule has 16 heavy (non-hydrogen) atoms. The van der Waals surface area contributed by atoms with E-state index < -0.39 is 0 Å². The largest absolute Gasteiger partial charge is 0.468 e. The number of carbonyl (C=O) groups excluding carboxylic acids is 1. The number of methoxy groups -OCH3 is 1. The topological polar surface area (TPSA) is 49.8 Å². The number of likely N-dealkylation sites (N-methyl/N-ethyl adjacent to an activating group) is 1. The molecule has 1 rings (SSSR count). The summed E-state index contributed by atoms with van der Waals surface area (Å²) in [7, 11) is 3.32. The monoisotopic (exact) mass is 293 g/mol. The molecule has 0 aromatic heterocycles. The Bertz CT molecular complexity index is 237. The third kappa shape index (κ3) is 3.71. The van der Waals surface area contributed by atoms with Crippen molar-refractivity contribution in [2.75, 3.05) is 20.7 Å². The van der Waals surface area contributed by atoms with Gasteiger partial charge in [0.2, 0.25) is 0 Å². The first-order chi connectivity index (χ1) is 7.56. The molecular formula is C11H20BrNO3. The van der Waals surface area contributed by atoms with Crippen molar-refractivity contribution in [3.8, 4) is 0 Å². The highest BCUT2D eigenvalue weighted by Crippen LogP contribution is 2.23. The molecule has 1 saturated carbocycles. The molecular weight excluding hydrogens is 274 g/mol. The summed E-state index contributed by atoms with van der Waals surface area (Å²) in [5.74, 6) is -0.267. The predicted octanol–water partition coefficient (Wildman–Crippen LogP) is 1.16. The predicted molar refractivity (Wildman–Crippen MR) is 65.6 cm³/mol. The maximum Gasteiger partial charge on any atom is 0.320 e. The summed E-state index contributed by atoms with van der Waals surface area (Å²) in [4.78, 5) is 13.0. The minimum absolute atomic E-state index is 0.165. The molecule has 4 nitrogen and oxygen atoms in total. The molecule has 94 valence electrons. The van der Waals surface area contributed by atoms with E-state index in [4.69, 9.17) is 0 Å². The number of carbonyl (C=O) groups is 1. The number of nitrogens with zero attached hydrogens (tertiary/aromatic N) is 1. The minimum atomic E-state index is -0.323. The Kier molecular flexibility index (Phi) is 5.72. The van der Waals surface area contributed by atoms with Gasteiger partial charge in [-0.05, 0) is 19.9 Å². The van der Waals surface area contributed by atoms with Crippen LogP contribution in [0.15, 0.2) is 0 Å². The van der Waals surface area contributed by atoms with Crippen LogP contribution in [-0.4, -0.2) is 53.7 Å². The second-order valence-corrected chi connectivity index (χ2v) is 5.45. The SMILES string of the molecule is COC(=O)C(Br)CN(C)C1CCCCC1O. The number of hydrogen-bond acceptors (Lipinski definition) is 4. The molecule has 0 saturated heterocycles. The summed E-state index contributed by atoms with van der Waals surface area (Å²) in [5, 5.41) is 9.87. The van der Waals surface area contributed by atoms with Crippen LogP contribution in [0.5, 0.6) is 0 Å². The zero-order chi connectivity index (χ0) is 12.1. The van der Waals surface area contributed by atoms with Crippen LogP contribution in [0.1, 0.15) is 25.7 Å². The highest BCUT2D eigenvalue weighted by molar-refractivity contribution is 9.10. The first kappa shape index (κ1) is 13.9. The zero-order valence-electron chi connectivity index (χ0n) is 9.86. The lowest BCUT2D eigenvalue weighted by Crippen LogP contribution is -2.46. The fraction of sp³-hybridized carbons (Fsp3) is 0.909. The fourth-order valence-electron chi connectivity index (χ4n) is 2.20. The van der Waals surface area contributed by atoms with Crippen LogP contribution in [0.2, 0.25) is 0 Å². The van der Waals surface area contributed by atoms with Crippen molar-refractivity contribution in [2.45, 2.75) is 42.7 Å². The van der Waals surface area contributed by atoms with Crippen molar-refractivity contribution in [3.05, 3.63) is 0 Å². The third-order valence-corrected chi connectivity index (χ3v) is 3.83. The normalized spacial score (nSPS) is 27.8. The quantitative estimate of drug-likeness (QED) is 0.624. The second-order valence-electron chi connectivity index (χ2n) is 4.35. The van der Waals surface area contributed by atoms with Gasteiger partial charge >= 0.3 is 5.97 Å². The Labute approximate surface area is 105 Å². The van der Waals surface area contributed by atoms with Crippen molar-refractivity contribution in [3.63, 3.8) is 0 Å². The molecule has 0 aliphatic heterocycles. The molecule has 1 aliphatic rings. The standard InChI is InChI=1S/C11H20BrNO3/c1-13(7-8(12)11(15)16-2)9-5-3-4-6-10(9)14/h8-10,14H,3-7H2,1-2H3. The van der Waals surface area contributed by atoms with Gasteiger partial charge in [0.1, 0.15) is 4.83 Å². The van der Waals surface area contributed by atoms with Gasteiger partial charge in [-0.25, -0.2) is 0 Å². The first-order valence-corrected chi connectivity index (χ1v) is 6.58. The molecule has 1 aliphatic carbocycles. The molecule has 5 heteroatoms. The number of rotatable bonds is 4. The third-order valence-electron chi connectivity index (χ3n) is 3.17. The highest BCUT2D eigenvalue weighted by Gasteiger charge is 2.29. The Hall–Kier alpha value is -0.130. The van der Waals surface area contributed by atoms with Crippen LogP contribution in [-0.2, 0) is 9.53 Å². The number of esters is 1. The van der Waals surface area contributed by atoms with Gasteiger partial charge in [0.15, 0.2) is 0 Å². The van der Waals surface area contributed by atoms with Crippen LogP contribution >= 0.6 is 15.9 Å². The van der Waals surface area contributed by atoms with Gasteiger partial charge in [0, 0.05) is 12.6 Å². The average molecular weight is 294 g/mol. The van der Waals surface area contributed by atoms with Crippen LogP contribution in [0.4, 0.5) is 0 Å². The van der Waals surface area contributed by atoms with Gasteiger partial charge in [-0.1, -0.05) is 28.8 Å². The van der Waals surface area contributed by atoms with Gasteiger partial charge in [-0.3, -0.25) is 9.69 Å². The maximum atomic E-state index is 11.3. The lowest BCUT2D eigenvalue weighted by Gasteiger charge is -2.35. The summed E-state index contributed by atoms with van der Waals surface area (Å²) in [6, 6.07) is 0.165. The number of ether oxygens (including phenoxy) is 1. The second kappa shape index (κ2) is 6.57. The van der Waals surface area contributed by atoms with Crippen molar-refractivity contribution in [1.29, 1.82) is 0 Å². The molecule has 0 radical (unpaired) electrons. The number of aliphatic hydroxyl groups excluding tert-OH is 1. The molecule has 1 N–H and O–H groups in total. The molecule has 0 amide bonds. The Morgan fingerprint density at radius 2 is 2.19 bits per heavy atom. The van der Waals surface area contributed by atoms with Crippen molar-refractivity contribution in [1.82, 2.24) is 4.90 Å². The Morgan fingerprint density at radius 3 is 2.75 bits per heavy atom. The van der Waals surface area contributed by atoms with E-state index in [0.717, 1.165) is 25.7 Å². The van der Waals surface area contributed by atoms with Crippen LogP contribution in [0, 0.1) is 0 Å². The molecule has 0 aromatic carbocycles. The Morgan fingerprint density at radius 1 is 1.56 bits per heavy atom. The number of halogens is 1. The minimum Gasteiger partial charge on any atom is -0.468 e. The zero-order valence-corrected chi connectivity index (χ0v) is 11.4. The summed E-state index contributed by atoms with van der Waals surface area (Å²) < 4.78 is 4.65. The van der Waals surface area contributed by atoms with Crippen molar-refractivity contribution >= 4 is 21.9 Å². The van der Waals surface area contributed by atoms with Gasteiger partial charge in [-0.2, -0.15) is 0 Å². The molecule has 3 unspecified atom stereocenters. The molecule has 0 spiro atoms. The number of aliphatic hydroxyl groups is 1. The molecule has 0 aromatic rings. The van der Waals surface area contributed by atoms with Crippen LogP contribution in [0.25, 0.3) is 0 Å². The fourth-order valence-corrected chi connectivity index (χ4v) is 2.84. The van der Waals surface area contributed by atoms with E-state index >= 15 is 0 Å². The molecule has 0 heterocycles. The summed E-state index contributed by atoms with van der Waals surface area (Å²) >= 11 is 3.29. The molecule has 3 atom stereocenters. The number of alkyl halides is 1. The van der Waals surface area contributed by atoms with E-state index in [0.29, 0.717) is 6.54 Å². The average Bonchev–Trinajstić information content (AvgIpc) is 2.28. The summed E-state index contributed by atoms with van der Waals surface area (Å²) in [6.07, 6.45) is 3.84. The van der Waals surface area contributed by atoms with E-state index in [9.17, 15) is 9.90 Å². The lowest BCUT2D eigenvalue weighted by molar-refractivity contribution is -0.140. The summed E-state index contributed by atoms with van der Waals surface area (Å²) in [5.41, 5.74) is 0. The van der Waals surface area contributed by atoms with E-state index in [1.807, 2.05) is 11.9 Å². The van der Waals surface area contributed by atoms with Crippen LogP contribution < -0.4 is 0 Å². The van der Waals surface area contributed by atoms with Gasteiger partial charge in [0.05, 0.1) is 13.2 Å². The van der Waals surface area contributed by atoms with Gasteiger partial charge in [0.25, 0.3) is 0 Å². The van der Waals surface area contributed by atoms with E-state index in [-0.39, 0.29) is 22.9 Å². The highest BCUT2D eigenvalue weighted by atomic mass is 79.9. The maximum absolute atomic E-state index is 11.3. The lowest BCUT2D eigenvalue weighted by atomic mass is 9.91. The van der Waals surface area contributed by atoms with E-state index in [1.165, 1.54) is 7.11 Å². The van der Waals surface area contributed by atoms with Crippen LogP contribution in [0.3, 0.4) is 0 Å². The van der Waals surface area contributed by atoms with Gasteiger partial charge < -0.3 is 9.84 Å². The molecule has 1 fully saturated rings. The first-order valence-electron chi connectivity index (χ1n) is 5.66. The molecule has 0 bridgehead atoms. The summed E-state index contributed by atoms with van der Waals surface area (Å²) in [6.45, 7) is 0.564.